The molecule has 10 heavy (non-hydrogen) atoms. The maximum Gasteiger partial charge on any atom is 0.489 e. The lowest BCUT2D eigenvalue weighted by atomic mass is 9.82. The van der Waals surface area contributed by atoms with Crippen molar-refractivity contribution in [2.75, 3.05) is 0 Å². The van der Waals surface area contributed by atoms with Crippen molar-refractivity contribution in [1.82, 2.24) is 4.98 Å². The summed E-state index contributed by atoms with van der Waals surface area (Å²) in [5.41, 5.74) is 0.0176. The Balaban J connectivity index is 3.00. The fourth-order valence-corrected chi connectivity index (χ4v) is 0.583. The van der Waals surface area contributed by atoms with Gasteiger partial charge in [0.25, 0.3) is 0 Å². The molecule has 0 saturated heterocycles. The van der Waals surface area contributed by atoms with Gasteiger partial charge in [0.05, 0.1) is 0 Å². The molecule has 52 valence electrons. The molecule has 5 heteroatoms. The molecule has 1 rings (SSSR count). The number of aromatic amines is 1. The third-order valence-electron chi connectivity index (χ3n) is 1.11. The molecule has 0 aliphatic carbocycles. The molecule has 0 unspecified atom stereocenters. The molecule has 1 aromatic rings. The molecule has 0 fully saturated rings. The fourth-order valence-electron chi connectivity index (χ4n) is 0.583. The van der Waals surface area contributed by atoms with Gasteiger partial charge in [0.15, 0.2) is 0 Å². The second-order valence-corrected chi connectivity index (χ2v) is 1.86. The molecule has 4 nitrogen and oxygen atoms in total. The summed E-state index contributed by atoms with van der Waals surface area (Å²) in [5.74, 6) is 0. The van der Waals surface area contributed by atoms with Crippen LogP contribution in [0.1, 0.15) is 0 Å². The van der Waals surface area contributed by atoms with E-state index in [4.69, 9.17) is 10.0 Å². The van der Waals surface area contributed by atoms with E-state index in [-0.39, 0.29) is 11.0 Å². The zero-order valence-corrected chi connectivity index (χ0v) is 5.11. The Morgan fingerprint density at radius 1 is 1.40 bits per heavy atom. The second kappa shape index (κ2) is 2.68. The summed E-state index contributed by atoms with van der Waals surface area (Å²) < 4.78 is 0. The summed E-state index contributed by atoms with van der Waals surface area (Å²) in [6, 6.07) is 2.58. The van der Waals surface area contributed by atoms with Crippen LogP contribution >= 0.6 is 0 Å². The molecule has 0 aromatic carbocycles. The molecule has 0 atom stereocenters. The topological polar surface area (TPSA) is 73.3 Å². The van der Waals surface area contributed by atoms with Gasteiger partial charge in [0.1, 0.15) is 0 Å². The first-order chi connectivity index (χ1) is 4.70. The number of nitrogens with one attached hydrogen (secondary N) is 1. The van der Waals surface area contributed by atoms with E-state index in [1.54, 1.807) is 0 Å². The number of hydrogen-bond acceptors (Lipinski definition) is 3. The van der Waals surface area contributed by atoms with E-state index in [0.29, 0.717) is 0 Å². The largest absolute Gasteiger partial charge is 0.489 e. The molecule has 0 aliphatic heterocycles. The van der Waals surface area contributed by atoms with Crippen molar-refractivity contribution in [3.63, 3.8) is 0 Å². The van der Waals surface area contributed by atoms with E-state index in [2.05, 4.69) is 4.98 Å². The van der Waals surface area contributed by atoms with Gasteiger partial charge in [0.2, 0.25) is 5.56 Å². The predicted octanol–water partition coefficient (Wildman–Crippen LogP) is -1.95. The average molecular weight is 139 g/mol. The molecule has 0 amide bonds. The molecule has 0 saturated carbocycles. The predicted molar refractivity (Wildman–Crippen MR) is 36.9 cm³/mol. The smallest absolute Gasteiger partial charge is 0.423 e. The SMILES string of the molecule is O=c1ccc(B(O)O)c[nH]1. The molecular weight excluding hydrogens is 133 g/mol. The zero-order chi connectivity index (χ0) is 7.56. The Labute approximate surface area is 57.3 Å². The van der Waals surface area contributed by atoms with Crippen molar-refractivity contribution >= 4 is 12.6 Å². The minimum atomic E-state index is -1.52. The van der Waals surface area contributed by atoms with Gasteiger partial charge in [-0.2, -0.15) is 0 Å². The first-order valence-electron chi connectivity index (χ1n) is 2.75. The standard InChI is InChI=1S/C5H6BNO3/c8-5-2-1-4(3-7-5)6(9)10/h1-3,9-10H,(H,7,8). The third kappa shape index (κ3) is 1.46. The molecule has 0 radical (unpaired) electrons. The third-order valence-corrected chi connectivity index (χ3v) is 1.11. The minimum absolute atomic E-state index is 0.260. The van der Waals surface area contributed by atoms with Gasteiger partial charge in [-0.1, -0.05) is 6.07 Å². The lowest BCUT2D eigenvalue weighted by Gasteiger charge is -1.94. The van der Waals surface area contributed by atoms with Crippen molar-refractivity contribution in [2.45, 2.75) is 0 Å². The highest BCUT2D eigenvalue weighted by Gasteiger charge is 2.08. The number of aromatic nitrogens is 1. The lowest BCUT2D eigenvalue weighted by Crippen LogP contribution is -2.31. The summed E-state index contributed by atoms with van der Waals surface area (Å²) in [4.78, 5) is 12.7. The summed E-state index contributed by atoms with van der Waals surface area (Å²) in [5, 5.41) is 17.1. The van der Waals surface area contributed by atoms with Crippen LogP contribution in [0.15, 0.2) is 23.1 Å². The quantitative estimate of drug-likeness (QED) is 0.396. The number of pyridine rings is 1. The van der Waals surface area contributed by atoms with Crippen LogP contribution in [0.5, 0.6) is 0 Å². The van der Waals surface area contributed by atoms with Gasteiger partial charge in [-0.15, -0.1) is 0 Å². The van der Waals surface area contributed by atoms with Crippen molar-refractivity contribution in [1.29, 1.82) is 0 Å². The van der Waals surface area contributed by atoms with Gasteiger partial charge in [-0.05, 0) is 5.46 Å². The Morgan fingerprint density at radius 3 is 2.50 bits per heavy atom. The average Bonchev–Trinajstić information content (AvgIpc) is 1.88. The van der Waals surface area contributed by atoms with E-state index in [0.717, 1.165) is 0 Å². The van der Waals surface area contributed by atoms with Crippen LogP contribution in [0.3, 0.4) is 0 Å². The van der Waals surface area contributed by atoms with Gasteiger partial charge in [-0.3, -0.25) is 4.79 Å². The van der Waals surface area contributed by atoms with E-state index in [9.17, 15) is 4.79 Å². The minimum Gasteiger partial charge on any atom is -0.423 e. The Bertz CT molecular complexity index is 249. The summed E-state index contributed by atoms with van der Waals surface area (Å²) in [6.45, 7) is 0. The lowest BCUT2D eigenvalue weighted by molar-refractivity contribution is 0.425. The maximum absolute atomic E-state index is 10.4. The Morgan fingerprint density at radius 2 is 2.10 bits per heavy atom. The number of rotatable bonds is 1. The number of H-pyrrole nitrogens is 1. The first-order valence-corrected chi connectivity index (χ1v) is 2.75. The summed E-state index contributed by atoms with van der Waals surface area (Å²) >= 11 is 0. The van der Waals surface area contributed by atoms with Crippen LogP contribution in [0.25, 0.3) is 0 Å². The van der Waals surface area contributed by atoms with Crippen molar-refractivity contribution in [3.05, 3.63) is 28.7 Å². The molecule has 0 spiro atoms. The van der Waals surface area contributed by atoms with Crippen LogP contribution in [-0.4, -0.2) is 22.2 Å². The van der Waals surface area contributed by atoms with Gasteiger partial charge in [0, 0.05) is 12.3 Å². The molecular formula is C5H6BNO3. The Kier molecular flexibility index (Phi) is 1.89. The normalized spacial score (nSPS) is 9.40. The van der Waals surface area contributed by atoms with Crippen molar-refractivity contribution in [3.8, 4) is 0 Å². The van der Waals surface area contributed by atoms with E-state index < -0.39 is 7.12 Å². The maximum atomic E-state index is 10.4. The van der Waals surface area contributed by atoms with Crippen molar-refractivity contribution in [2.24, 2.45) is 0 Å². The zero-order valence-electron chi connectivity index (χ0n) is 5.11. The van der Waals surface area contributed by atoms with Crippen LogP contribution in [0.2, 0.25) is 0 Å². The van der Waals surface area contributed by atoms with E-state index in [1.165, 1.54) is 18.3 Å². The highest BCUT2D eigenvalue weighted by molar-refractivity contribution is 6.58. The van der Waals surface area contributed by atoms with E-state index in [1.807, 2.05) is 0 Å². The molecule has 1 heterocycles. The molecule has 3 N–H and O–H groups in total. The summed E-state index contributed by atoms with van der Waals surface area (Å²) in [7, 11) is -1.52. The second-order valence-electron chi connectivity index (χ2n) is 1.86. The van der Waals surface area contributed by atoms with Crippen molar-refractivity contribution < 1.29 is 10.0 Å². The van der Waals surface area contributed by atoms with Crippen LogP contribution in [0, 0.1) is 0 Å². The fraction of sp³-hybridized carbons (Fsp3) is 0. The highest BCUT2D eigenvalue weighted by atomic mass is 16.4. The molecule has 0 aliphatic rings. The molecule has 0 bridgehead atoms. The van der Waals surface area contributed by atoms with Gasteiger partial charge in [-0.25, -0.2) is 0 Å². The monoisotopic (exact) mass is 139 g/mol. The van der Waals surface area contributed by atoms with Gasteiger partial charge >= 0.3 is 7.12 Å². The van der Waals surface area contributed by atoms with E-state index >= 15 is 0 Å². The van der Waals surface area contributed by atoms with Crippen LogP contribution < -0.4 is 11.0 Å². The first kappa shape index (κ1) is 7.05. The van der Waals surface area contributed by atoms with Gasteiger partial charge < -0.3 is 15.0 Å². The molecule has 1 aromatic heterocycles. The highest BCUT2D eigenvalue weighted by Crippen LogP contribution is 1.72. The summed E-state index contributed by atoms with van der Waals surface area (Å²) in [6.07, 6.45) is 1.26. The van der Waals surface area contributed by atoms with Crippen LogP contribution in [0.4, 0.5) is 0 Å². The number of hydrogen-bond donors (Lipinski definition) is 3. The van der Waals surface area contributed by atoms with Crippen LogP contribution in [-0.2, 0) is 0 Å². The Hall–Kier alpha value is -1.07.